The SMILES string of the molecule is CNCc1ccccc1C(O)c1ccc(C)cc1. The zero-order chi connectivity index (χ0) is 13.0. The van der Waals surface area contributed by atoms with E-state index >= 15 is 0 Å². The summed E-state index contributed by atoms with van der Waals surface area (Å²) in [5.74, 6) is 0. The molecule has 0 spiro atoms. The molecule has 2 heteroatoms. The molecule has 1 unspecified atom stereocenters. The van der Waals surface area contributed by atoms with Crippen LogP contribution in [0, 0.1) is 6.92 Å². The fourth-order valence-electron chi connectivity index (χ4n) is 2.08. The molecule has 2 nitrogen and oxygen atoms in total. The van der Waals surface area contributed by atoms with Gasteiger partial charge in [-0.25, -0.2) is 0 Å². The van der Waals surface area contributed by atoms with E-state index in [1.54, 1.807) is 0 Å². The molecule has 0 aliphatic carbocycles. The van der Waals surface area contributed by atoms with Crippen molar-refractivity contribution < 1.29 is 5.11 Å². The van der Waals surface area contributed by atoms with Gasteiger partial charge in [-0.1, -0.05) is 54.1 Å². The molecule has 0 aliphatic rings. The fraction of sp³-hybridized carbons (Fsp3) is 0.250. The Hall–Kier alpha value is -1.64. The molecule has 0 amide bonds. The molecule has 0 saturated carbocycles. The van der Waals surface area contributed by atoms with Gasteiger partial charge in [0.25, 0.3) is 0 Å². The molecule has 0 bridgehead atoms. The van der Waals surface area contributed by atoms with E-state index in [-0.39, 0.29) is 0 Å². The Labute approximate surface area is 108 Å². The summed E-state index contributed by atoms with van der Waals surface area (Å²) >= 11 is 0. The highest BCUT2D eigenvalue weighted by Crippen LogP contribution is 2.25. The van der Waals surface area contributed by atoms with Crippen molar-refractivity contribution in [2.75, 3.05) is 7.05 Å². The van der Waals surface area contributed by atoms with Gasteiger partial charge in [0.05, 0.1) is 0 Å². The largest absolute Gasteiger partial charge is 0.384 e. The van der Waals surface area contributed by atoms with Crippen molar-refractivity contribution in [2.45, 2.75) is 19.6 Å². The third-order valence-corrected chi connectivity index (χ3v) is 3.11. The Morgan fingerprint density at radius 3 is 2.39 bits per heavy atom. The molecule has 2 aromatic carbocycles. The van der Waals surface area contributed by atoms with Crippen LogP contribution in [0.2, 0.25) is 0 Å². The van der Waals surface area contributed by atoms with E-state index in [1.807, 2.05) is 62.5 Å². The molecule has 1 atom stereocenters. The van der Waals surface area contributed by atoms with Gasteiger partial charge in [0.15, 0.2) is 0 Å². The molecule has 0 saturated heterocycles. The molecule has 2 aromatic rings. The molecule has 2 rings (SSSR count). The number of aryl methyl sites for hydroxylation is 1. The first-order chi connectivity index (χ1) is 8.72. The van der Waals surface area contributed by atoms with Gasteiger partial charge >= 0.3 is 0 Å². The van der Waals surface area contributed by atoms with Crippen LogP contribution in [-0.2, 0) is 6.54 Å². The lowest BCUT2D eigenvalue weighted by Gasteiger charge is -2.16. The van der Waals surface area contributed by atoms with Crippen LogP contribution < -0.4 is 5.32 Å². The monoisotopic (exact) mass is 241 g/mol. The van der Waals surface area contributed by atoms with E-state index in [0.29, 0.717) is 0 Å². The van der Waals surface area contributed by atoms with Crippen LogP contribution >= 0.6 is 0 Å². The second-order valence-corrected chi connectivity index (χ2v) is 4.54. The van der Waals surface area contributed by atoms with Crippen LogP contribution in [0.4, 0.5) is 0 Å². The van der Waals surface area contributed by atoms with Gasteiger partial charge in [0.2, 0.25) is 0 Å². The molecule has 0 fully saturated rings. The van der Waals surface area contributed by atoms with Crippen LogP contribution in [0.25, 0.3) is 0 Å². The van der Waals surface area contributed by atoms with Crippen molar-refractivity contribution in [3.05, 3.63) is 70.8 Å². The quantitative estimate of drug-likeness (QED) is 0.862. The maximum atomic E-state index is 10.5. The van der Waals surface area contributed by atoms with E-state index in [1.165, 1.54) is 5.56 Å². The Balaban J connectivity index is 2.33. The van der Waals surface area contributed by atoms with Crippen LogP contribution in [0.3, 0.4) is 0 Å². The van der Waals surface area contributed by atoms with Crippen molar-refractivity contribution in [1.29, 1.82) is 0 Å². The molecule has 0 aliphatic heterocycles. The van der Waals surface area contributed by atoms with Gasteiger partial charge < -0.3 is 10.4 Å². The normalized spacial score (nSPS) is 12.4. The van der Waals surface area contributed by atoms with E-state index in [9.17, 15) is 5.11 Å². The topological polar surface area (TPSA) is 32.3 Å². The van der Waals surface area contributed by atoms with Crippen LogP contribution in [0.1, 0.15) is 28.4 Å². The summed E-state index contributed by atoms with van der Waals surface area (Å²) in [6.07, 6.45) is -0.560. The number of aliphatic hydroxyl groups is 1. The number of nitrogens with one attached hydrogen (secondary N) is 1. The molecule has 18 heavy (non-hydrogen) atoms. The predicted molar refractivity (Wildman–Crippen MR) is 74.4 cm³/mol. The minimum Gasteiger partial charge on any atom is -0.384 e. The number of aliphatic hydroxyl groups excluding tert-OH is 1. The Bertz CT molecular complexity index is 505. The molecule has 0 aromatic heterocycles. The second kappa shape index (κ2) is 5.80. The summed E-state index contributed by atoms with van der Waals surface area (Å²) in [7, 11) is 1.91. The summed E-state index contributed by atoms with van der Waals surface area (Å²) in [6.45, 7) is 2.81. The maximum Gasteiger partial charge on any atom is 0.104 e. The number of benzene rings is 2. The van der Waals surface area contributed by atoms with Gasteiger partial charge in [-0.05, 0) is 30.7 Å². The van der Waals surface area contributed by atoms with Crippen LogP contribution in [-0.4, -0.2) is 12.2 Å². The Morgan fingerprint density at radius 2 is 1.72 bits per heavy atom. The van der Waals surface area contributed by atoms with E-state index in [4.69, 9.17) is 0 Å². The molecule has 0 heterocycles. The summed E-state index contributed by atoms with van der Waals surface area (Å²) < 4.78 is 0. The number of rotatable bonds is 4. The molecular weight excluding hydrogens is 222 g/mol. The lowest BCUT2D eigenvalue weighted by Crippen LogP contribution is -2.10. The first-order valence-electron chi connectivity index (χ1n) is 6.19. The predicted octanol–water partition coefficient (Wildman–Crippen LogP) is 2.80. The van der Waals surface area contributed by atoms with E-state index in [2.05, 4.69) is 5.32 Å². The van der Waals surface area contributed by atoms with Gasteiger partial charge in [0, 0.05) is 6.54 Å². The van der Waals surface area contributed by atoms with Gasteiger partial charge in [-0.15, -0.1) is 0 Å². The highest BCUT2D eigenvalue weighted by molar-refractivity contribution is 5.36. The van der Waals surface area contributed by atoms with E-state index < -0.39 is 6.10 Å². The molecule has 0 radical (unpaired) electrons. The summed E-state index contributed by atoms with van der Waals surface area (Å²) in [6, 6.07) is 16.0. The average Bonchev–Trinajstić information content (AvgIpc) is 2.40. The van der Waals surface area contributed by atoms with E-state index in [0.717, 1.165) is 23.2 Å². The third-order valence-electron chi connectivity index (χ3n) is 3.11. The van der Waals surface area contributed by atoms with Gasteiger partial charge in [0.1, 0.15) is 6.10 Å². The lowest BCUT2D eigenvalue weighted by molar-refractivity contribution is 0.219. The summed E-state index contributed by atoms with van der Waals surface area (Å²) in [5.41, 5.74) is 4.24. The highest BCUT2D eigenvalue weighted by Gasteiger charge is 2.13. The van der Waals surface area contributed by atoms with Crippen molar-refractivity contribution in [3.63, 3.8) is 0 Å². The Kier molecular flexibility index (Phi) is 4.13. The first-order valence-corrected chi connectivity index (χ1v) is 6.19. The smallest absolute Gasteiger partial charge is 0.104 e. The second-order valence-electron chi connectivity index (χ2n) is 4.54. The third kappa shape index (κ3) is 2.78. The van der Waals surface area contributed by atoms with Crippen molar-refractivity contribution in [2.24, 2.45) is 0 Å². The van der Waals surface area contributed by atoms with Crippen molar-refractivity contribution >= 4 is 0 Å². The number of hydrogen-bond acceptors (Lipinski definition) is 2. The first kappa shape index (κ1) is 12.8. The minimum absolute atomic E-state index is 0.560. The lowest BCUT2D eigenvalue weighted by atomic mass is 9.96. The summed E-state index contributed by atoms with van der Waals surface area (Å²) in [4.78, 5) is 0. The van der Waals surface area contributed by atoms with Crippen LogP contribution in [0.5, 0.6) is 0 Å². The van der Waals surface area contributed by atoms with Crippen molar-refractivity contribution in [1.82, 2.24) is 5.32 Å². The maximum absolute atomic E-state index is 10.5. The zero-order valence-electron chi connectivity index (χ0n) is 10.9. The average molecular weight is 241 g/mol. The molecule has 2 N–H and O–H groups in total. The number of hydrogen-bond donors (Lipinski definition) is 2. The highest BCUT2D eigenvalue weighted by atomic mass is 16.3. The standard InChI is InChI=1S/C16H19NO/c1-12-7-9-13(10-8-12)16(18)15-6-4-3-5-14(15)11-17-2/h3-10,16-18H,11H2,1-2H3. The minimum atomic E-state index is -0.560. The van der Waals surface area contributed by atoms with Gasteiger partial charge in [-0.2, -0.15) is 0 Å². The molecular formula is C16H19NO. The van der Waals surface area contributed by atoms with Crippen LogP contribution in [0.15, 0.2) is 48.5 Å². The zero-order valence-corrected chi connectivity index (χ0v) is 10.9. The fourth-order valence-corrected chi connectivity index (χ4v) is 2.08. The van der Waals surface area contributed by atoms with Crippen molar-refractivity contribution in [3.8, 4) is 0 Å². The summed E-state index contributed by atoms with van der Waals surface area (Å²) in [5, 5.41) is 13.6. The Morgan fingerprint density at radius 1 is 1.06 bits per heavy atom. The molecule has 94 valence electrons. The van der Waals surface area contributed by atoms with Gasteiger partial charge in [-0.3, -0.25) is 0 Å².